The third-order valence-electron chi connectivity index (χ3n) is 4.30. The first-order chi connectivity index (χ1) is 11.0. The van der Waals surface area contributed by atoms with Gasteiger partial charge in [0.15, 0.2) is 17.5 Å². The molecule has 0 unspecified atom stereocenters. The van der Waals surface area contributed by atoms with Gasteiger partial charge in [-0.05, 0) is 6.07 Å². The molecule has 0 radical (unpaired) electrons. The predicted octanol–water partition coefficient (Wildman–Crippen LogP) is 0.289. The molecular formula is C15H16F3N3O2. The molecule has 2 fully saturated rings. The molecule has 0 spiro atoms. The van der Waals surface area contributed by atoms with Gasteiger partial charge in [-0.3, -0.25) is 14.5 Å². The van der Waals surface area contributed by atoms with Crippen molar-refractivity contribution in [3.8, 4) is 0 Å². The minimum Gasteiger partial charge on any atom is -0.353 e. The van der Waals surface area contributed by atoms with Crippen molar-refractivity contribution in [2.75, 3.05) is 32.7 Å². The summed E-state index contributed by atoms with van der Waals surface area (Å²) < 4.78 is 39.8. The van der Waals surface area contributed by atoms with E-state index in [1.165, 1.54) is 4.90 Å². The number of fused-ring (bicyclic) bond motifs is 1. The summed E-state index contributed by atoms with van der Waals surface area (Å²) in [5.74, 6) is -4.74. The van der Waals surface area contributed by atoms with Crippen LogP contribution in [0, 0.1) is 17.5 Å². The standard InChI is InChI=1S/C15H16F3N3O2/c16-10-2-1-9(13(17)14(10)18)7-12(22)21-6-5-20-4-3-19-15(23)11(20)8-21/h1-2,11H,3-8H2,(H,19,23)/t11-/m1/s1. The van der Waals surface area contributed by atoms with Crippen LogP contribution in [0.3, 0.4) is 0 Å². The fourth-order valence-electron chi connectivity index (χ4n) is 2.98. The van der Waals surface area contributed by atoms with Gasteiger partial charge in [0.05, 0.1) is 6.42 Å². The molecule has 0 saturated carbocycles. The van der Waals surface area contributed by atoms with Crippen LogP contribution in [0.4, 0.5) is 13.2 Å². The van der Waals surface area contributed by atoms with E-state index in [2.05, 4.69) is 5.32 Å². The summed E-state index contributed by atoms with van der Waals surface area (Å²) in [6.45, 7) is 2.52. The quantitative estimate of drug-likeness (QED) is 0.795. The summed E-state index contributed by atoms with van der Waals surface area (Å²) >= 11 is 0. The molecule has 1 atom stereocenters. The van der Waals surface area contributed by atoms with Gasteiger partial charge in [0.2, 0.25) is 11.8 Å². The summed E-state index contributed by atoms with van der Waals surface area (Å²) in [6.07, 6.45) is -0.364. The lowest BCUT2D eigenvalue weighted by Crippen LogP contribution is -2.64. The predicted molar refractivity (Wildman–Crippen MR) is 75.0 cm³/mol. The lowest BCUT2D eigenvalue weighted by atomic mass is 10.1. The maximum absolute atomic E-state index is 13.7. The van der Waals surface area contributed by atoms with Crippen LogP contribution < -0.4 is 5.32 Å². The Bertz CT molecular complexity index is 653. The topological polar surface area (TPSA) is 52.7 Å². The number of halogens is 3. The molecule has 124 valence electrons. The fourth-order valence-corrected chi connectivity index (χ4v) is 2.98. The van der Waals surface area contributed by atoms with Crippen LogP contribution in [-0.4, -0.2) is 60.4 Å². The Labute approximate surface area is 131 Å². The zero-order valence-electron chi connectivity index (χ0n) is 12.3. The average molecular weight is 327 g/mol. The first-order valence-corrected chi connectivity index (χ1v) is 7.39. The van der Waals surface area contributed by atoms with Crippen molar-refractivity contribution in [1.82, 2.24) is 15.1 Å². The molecule has 2 aliphatic heterocycles. The van der Waals surface area contributed by atoms with E-state index in [0.29, 0.717) is 19.6 Å². The molecule has 23 heavy (non-hydrogen) atoms. The smallest absolute Gasteiger partial charge is 0.239 e. The van der Waals surface area contributed by atoms with Gasteiger partial charge in [-0.2, -0.15) is 0 Å². The maximum Gasteiger partial charge on any atom is 0.239 e. The molecule has 2 saturated heterocycles. The number of nitrogens with zero attached hydrogens (tertiary/aromatic N) is 2. The van der Waals surface area contributed by atoms with E-state index in [0.717, 1.165) is 18.7 Å². The first kappa shape index (κ1) is 15.8. The normalized spacial score (nSPS) is 21.8. The SMILES string of the molecule is O=C1NCCN2CCN(C(=O)Cc3ccc(F)c(F)c3F)C[C@H]12. The van der Waals surface area contributed by atoms with Gasteiger partial charge in [0, 0.05) is 38.3 Å². The largest absolute Gasteiger partial charge is 0.353 e. The van der Waals surface area contributed by atoms with Crippen LogP contribution in [-0.2, 0) is 16.0 Å². The average Bonchev–Trinajstić information content (AvgIpc) is 2.55. The molecule has 1 N–H and O–H groups in total. The minimum absolute atomic E-state index is 0.132. The molecule has 5 nitrogen and oxygen atoms in total. The van der Waals surface area contributed by atoms with E-state index < -0.39 is 29.4 Å². The zero-order chi connectivity index (χ0) is 16.6. The van der Waals surface area contributed by atoms with Crippen molar-refractivity contribution in [2.45, 2.75) is 12.5 Å². The third kappa shape index (κ3) is 3.03. The van der Waals surface area contributed by atoms with Crippen molar-refractivity contribution in [2.24, 2.45) is 0 Å². The summed E-state index contributed by atoms with van der Waals surface area (Å²) in [6, 6.07) is 1.46. The van der Waals surface area contributed by atoms with E-state index in [9.17, 15) is 22.8 Å². The molecule has 0 aliphatic carbocycles. The first-order valence-electron chi connectivity index (χ1n) is 7.39. The number of benzene rings is 1. The van der Waals surface area contributed by atoms with E-state index in [-0.39, 0.29) is 24.4 Å². The van der Waals surface area contributed by atoms with Gasteiger partial charge >= 0.3 is 0 Å². The molecule has 1 aromatic rings. The monoisotopic (exact) mass is 327 g/mol. The fraction of sp³-hybridized carbons (Fsp3) is 0.467. The van der Waals surface area contributed by atoms with Crippen LogP contribution in [0.15, 0.2) is 12.1 Å². The molecular weight excluding hydrogens is 311 g/mol. The van der Waals surface area contributed by atoms with E-state index in [1.54, 1.807) is 0 Å². The van der Waals surface area contributed by atoms with Gasteiger partial charge in [-0.15, -0.1) is 0 Å². The molecule has 1 aromatic carbocycles. The van der Waals surface area contributed by atoms with E-state index >= 15 is 0 Å². The summed E-state index contributed by atoms with van der Waals surface area (Å²) in [5, 5.41) is 2.74. The van der Waals surface area contributed by atoms with Crippen molar-refractivity contribution in [3.63, 3.8) is 0 Å². The zero-order valence-corrected chi connectivity index (χ0v) is 12.3. The second kappa shape index (κ2) is 6.19. The molecule has 0 bridgehead atoms. The Morgan fingerprint density at radius 2 is 1.96 bits per heavy atom. The molecule has 0 aromatic heterocycles. The van der Waals surface area contributed by atoms with E-state index in [4.69, 9.17) is 0 Å². The summed E-state index contributed by atoms with van der Waals surface area (Å²) in [7, 11) is 0. The molecule has 8 heteroatoms. The number of piperazine rings is 2. The summed E-state index contributed by atoms with van der Waals surface area (Å²) in [4.78, 5) is 27.6. The van der Waals surface area contributed by atoms with Crippen LogP contribution >= 0.6 is 0 Å². The van der Waals surface area contributed by atoms with Gasteiger partial charge < -0.3 is 10.2 Å². The van der Waals surface area contributed by atoms with Crippen LogP contribution in [0.5, 0.6) is 0 Å². The number of carbonyl (C=O) groups excluding carboxylic acids is 2. The summed E-state index contributed by atoms with van der Waals surface area (Å²) in [5.41, 5.74) is -0.190. The highest BCUT2D eigenvalue weighted by Crippen LogP contribution is 2.18. The Hall–Kier alpha value is -2.09. The van der Waals surface area contributed by atoms with Crippen LogP contribution in [0.1, 0.15) is 5.56 Å². The Balaban J connectivity index is 1.69. The third-order valence-corrected chi connectivity index (χ3v) is 4.30. The number of amides is 2. The number of rotatable bonds is 2. The molecule has 3 rings (SSSR count). The molecule has 2 aliphatic rings. The maximum atomic E-state index is 13.7. The van der Waals surface area contributed by atoms with Gasteiger partial charge in [0.1, 0.15) is 6.04 Å². The number of hydrogen-bond acceptors (Lipinski definition) is 3. The van der Waals surface area contributed by atoms with Crippen molar-refractivity contribution < 1.29 is 22.8 Å². The number of nitrogens with one attached hydrogen (secondary N) is 1. The molecule has 2 amide bonds. The van der Waals surface area contributed by atoms with E-state index in [1.807, 2.05) is 4.90 Å². The Kier molecular flexibility index (Phi) is 4.25. The van der Waals surface area contributed by atoms with Crippen LogP contribution in [0.25, 0.3) is 0 Å². The Morgan fingerprint density at radius 1 is 1.17 bits per heavy atom. The number of carbonyl (C=O) groups is 2. The lowest BCUT2D eigenvalue weighted by Gasteiger charge is -2.43. The number of hydrogen-bond donors (Lipinski definition) is 1. The second-order valence-electron chi connectivity index (χ2n) is 5.69. The van der Waals surface area contributed by atoms with Crippen molar-refractivity contribution in [1.29, 1.82) is 0 Å². The molecule has 2 heterocycles. The minimum atomic E-state index is -1.58. The van der Waals surface area contributed by atoms with Gasteiger partial charge in [-0.25, -0.2) is 13.2 Å². The highest BCUT2D eigenvalue weighted by molar-refractivity contribution is 5.85. The van der Waals surface area contributed by atoms with Crippen molar-refractivity contribution in [3.05, 3.63) is 35.1 Å². The van der Waals surface area contributed by atoms with Crippen LogP contribution in [0.2, 0.25) is 0 Å². The van der Waals surface area contributed by atoms with Crippen molar-refractivity contribution >= 4 is 11.8 Å². The Morgan fingerprint density at radius 3 is 2.74 bits per heavy atom. The van der Waals surface area contributed by atoms with Gasteiger partial charge in [0.25, 0.3) is 0 Å². The second-order valence-corrected chi connectivity index (χ2v) is 5.69. The highest BCUT2D eigenvalue weighted by Gasteiger charge is 2.36. The van der Waals surface area contributed by atoms with Gasteiger partial charge in [-0.1, -0.05) is 6.07 Å². The lowest BCUT2D eigenvalue weighted by molar-refractivity contribution is -0.139. The highest BCUT2D eigenvalue weighted by atomic mass is 19.2.